The number of carbonyl (C=O) groups excluding carboxylic acids is 2. The Morgan fingerprint density at radius 3 is 2.68 bits per heavy atom. The number of hydrogen-bond acceptors (Lipinski definition) is 5. The van der Waals surface area contributed by atoms with Crippen LogP contribution in [-0.2, 0) is 9.59 Å². The highest BCUT2D eigenvalue weighted by molar-refractivity contribution is 7.14. The lowest BCUT2D eigenvalue weighted by molar-refractivity contribution is -0.134. The lowest BCUT2D eigenvalue weighted by Gasteiger charge is -2.34. The van der Waals surface area contributed by atoms with E-state index in [4.69, 9.17) is 5.26 Å². The van der Waals surface area contributed by atoms with E-state index in [9.17, 15) is 9.59 Å². The number of hydrogen-bond donors (Lipinski definition) is 1. The van der Waals surface area contributed by atoms with Gasteiger partial charge in [0.1, 0.15) is 11.1 Å². The Morgan fingerprint density at radius 2 is 2.05 bits per heavy atom. The summed E-state index contributed by atoms with van der Waals surface area (Å²) in [5.74, 6) is 0.431. The zero-order chi connectivity index (χ0) is 15.5. The smallest absolute Gasteiger partial charge is 0.239 e. The van der Waals surface area contributed by atoms with Crippen molar-refractivity contribution in [3.63, 3.8) is 0 Å². The highest BCUT2D eigenvalue weighted by atomic mass is 32.1. The number of piperazine rings is 1. The van der Waals surface area contributed by atoms with Gasteiger partial charge in [0, 0.05) is 32.1 Å². The van der Waals surface area contributed by atoms with Crippen molar-refractivity contribution in [1.82, 2.24) is 9.80 Å². The number of amides is 2. The van der Waals surface area contributed by atoms with Crippen LogP contribution in [0.25, 0.3) is 0 Å². The Hall–Kier alpha value is -1.91. The maximum atomic E-state index is 12.0. The Morgan fingerprint density at radius 1 is 1.32 bits per heavy atom. The normalized spacial score (nSPS) is 18.8. The molecule has 1 aliphatic carbocycles. The Balaban J connectivity index is 1.45. The fourth-order valence-corrected chi connectivity index (χ4v) is 3.33. The zero-order valence-electron chi connectivity index (χ0n) is 12.2. The van der Waals surface area contributed by atoms with Gasteiger partial charge in [-0.15, -0.1) is 11.3 Å². The minimum Gasteiger partial charge on any atom is -0.340 e. The third-order valence-electron chi connectivity index (χ3n) is 4.02. The van der Waals surface area contributed by atoms with Crippen molar-refractivity contribution in [3.8, 4) is 6.07 Å². The van der Waals surface area contributed by atoms with Crippen LogP contribution in [0.3, 0.4) is 0 Å². The first-order valence-corrected chi connectivity index (χ1v) is 8.34. The summed E-state index contributed by atoms with van der Waals surface area (Å²) >= 11 is 1.35. The number of anilines is 1. The first-order valence-electron chi connectivity index (χ1n) is 7.46. The van der Waals surface area contributed by atoms with Crippen LogP contribution in [0.4, 0.5) is 5.00 Å². The molecular weight excluding hydrogens is 300 g/mol. The fourth-order valence-electron chi connectivity index (χ4n) is 2.58. The van der Waals surface area contributed by atoms with Gasteiger partial charge < -0.3 is 10.2 Å². The minimum absolute atomic E-state index is 0.110. The number of nitriles is 1. The van der Waals surface area contributed by atoms with E-state index in [2.05, 4.69) is 11.4 Å². The SMILES string of the molecule is N#Cc1ccsc1NC(=O)CN1CCN(C(=O)C2CC2)CC1. The van der Waals surface area contributed by atoms with E-state index < -0.39 is 0 Å². The summed E-state index contributed by atoms with van der Waals surface area (Å²) in [6, 6.07) is 3.75. The molecule has 1 aromatic heterocycles. The number of rotatable bonds is 4. The molecule has 2 heterocycles. The molecule has 1 N–H and O–H groups in total. The quantitative estimate of drug-likeness (QED) is 0.902. The van der Waals surface area contributed by atoms with Gasteiger partial charge in [0.05, 0.1) is 12.1 Å². The molecule has 0 bridgehead atoms. The first kappa shape index (κ1) is 15.0. The van der Waals surface area contributed by atoms with E-state index in [1.54, 1.807) is 11.4 Å². The Labute approximate surface area is 133 Å². The molecule has 2 aliphatic rings. The van der Waals surface area contributed by atoms with E-state index in [1.165, 1.54) is 11.3 Å². The van der Waals surface area contributed by atoms with Crippen LogP contribution in [0, 0.1) is 17.2 Å². The summed E-state index contributed by atoms with van der Waals surface area (Å²) in [4.78, 5) is 28.0. The van der Waals surface area contributed by atoms with Gasteiger partial charge in [-0.2, -0.15) is 5.26 Å². The van der Waals surface area contributed by atoms with Crippen molar-refractivity contribution < 1.29 is 9.59 Å². The highest BCUT2D eigenvalue weighted by Gasteiger charge is 2.34. The number of carbonyl (C=O) groups is 2. The molecule has 7 heteroatoms. The van der Waals surface area contributed by atoms with E-state index >= 15 is 0 Å². The van der Waals surface area contributed by atoms with E-state index in [1.807, 2.05) is 9.80 Å². The lowest BCUT2D eigenvalue weighted by Crippen LogP contribution is -2.50. The van der Waals surface area contributed by atoms with E-state index in [0.29, 0.717) is 30.2 Å². The molecule has 0 unspecified atom stereocenters. The molecule has 6 nitrogen and oxygen atoms in total. The maximum Gasteiger partial charge on any atom is 0.239 e. The standard InChI is InChI=1S/C15H18N4O2S/c16-9-12-3-8-22-14(12)17-13(20)10-18-4-6-19(7-5-18)15(21)11-1-2-11/h3,8,11H,1-2,4-7,10H2,(H,17,20). The second-order valence-corrected chi connectivity index (χ2v) is 6.62. The van der Waals surface area contributed by atoms with Gasteiger partial charge in [-0.1, -0.05) is 0 Å². The molecule has 3 rings (SSSR count). The topological polar surface area (TPSA) is 76.4 Å². The predicted molar refractivity (Wildman–Crippen MR) is 83.4 cm³/mol. The monoisotopic (exact) mass is 318 g/mol. The third-order valence-corrected chi connectivity index (χ3v) is 4.85. The van der Waals surface area contributed by atoms with Crippen LogP contribution in [0.15, 0.2) is 11.4 Å². The second-order valence-electron chi connectivity index (χ2n) is 5.70. The van der Waals surface area contributed by atoms with Crippen molar-refractivity contribution in [3.05, 3.63) is 17.0 Å². The van der Waals surface area contributed by atoms with Crippen molar-refractivity contribution in [2.45, 2.75) is 12.8 Å². The molecule has 0 aromatic carbocycles. The molecule has 22 heavy (non-hydrogen) atoms. The van der Waals surface area contributed by atoms with Crippen LogP contribution >= 0.6 is 11.3 Å². The molecule has 2 fully saturated rings. The molecule has 1 saturated carbocycles. The molecule has 0 spiro atoms. The lowest BCUT2D eigenvalue weighted by atomic mass is 10.2. The highest BCUT2D eigenvalue weighted by Crippen LogP contribution is 2.31. The van der Waals surface area contributed by atoms with Gasteiger partial charge in [-0.25, -0.2) is 0 Å². The van der Waals surface area contributed by atoms with Gasteiger partial charge in [0.25, 0.3) is 0 Å². The van der Waals surface area contributed by atoms with Crippen LogP contribution in [0.1, 0.15) is 18.4 Å². The number of nitrogens with zero attached hydrogens (tertiary/aromatic N) is 3. The van der Waals surface area contributed by atoms with Crippen molar-refractivity contribution in [2.75, 3.05) is 38.0 Å². The molecule has 0 radical (unpaired) electrons. The van der Waals surface area contributed by atoms with Crippen LogP contribution in [-0.4, -0.2) is 54.3 Å². The average Bonchev–Trinajstić information content (AvgIpc) is 3.28. The van der Waals surface area contributed by atoms with Crippen LogP contribution in [0.5, 0.6) is 0 Å². The van der Waals surface area contributed by atoms with Gasteiger partial charge in [-0.05, 0) is 24.3 Å². The summed E-state index contributed by atoms with van der Waals surface area (Å²) < 4.78 is 0. The summed E-state index contributed by atoms with van der Waals surface area (Å²) in [6.07, 6.45) is 2.06. The fraction of sp³-hybridized carbons (Fsp3) is 0.533. The van der Waals surface area contributed by atoms with Gasteiger partial charge in [0.15, 0.2) is 0 Å². The zero-order valence-corrected chi connectivity index (χ0v) is 13.1. The summed E-state index contributed by atoms with van der Waals surface area (Å²) in [7, 11) is 0. The van der Waals surface area contributed by atoms with Gasteiger partial charge in [-0.3, -0.25) is 14.5 Å². The predicted octanol–water partition coefficient (Wildman–Crippen LogP) is 1.11. The molecular formula is C15H18N4O2S. The van der Waals surface area contributed by atoms with Crippen molar-refractivity contribution >= 4 is 28.2 Å². The van der Waals surface area contributed by atoms with E-state index in [-0.39, 0.29) is 17.7 Å². The number of nitrogens with one attached hydrogen (secondary N) is 1. The van der Waals surface area contributed by atoms with Crippen molar-refractivity contribution in [2.24, 2.45) is 5.92 Å². The molecule has 116 valence electrons. The third kappa shape index (κ3) is 3.46. The largest absolute Gasteiger partial charge is 0.340 e. The molecule has 1 aliphatic heterocycles. The molecule has 0 atom stereocenters. The second kappa shape index (κ2) is 6.46. The van der Waals surface area contributed by atoms with Gasteiger partial charge >= 0.3 is 0 Å². The van der Waals surface area contributed by atoms with Crippen molar-refractivity contribution in [1.29, 1.82) is 5.26 Å². The molecule has 1 saturated heterocycles. The summed E-state index contributed by atoms with van der Waals surface area (Å²) in [6.45, 7) is 3.15. The summed E-state index contributed by atoms with van der Waals surface area (Å²) in [5.41, 5.74) is 0.498. The first-order chi connectivity index (χ1) is 10.7. The minimum atomic E-state index is -0.110. The Bertz CT molecular complexity index is 609. The summed E-state index contributed by atoms with van der Waals surface area (Å²) in [5, 5.41) is 14.1. The Kier molecular flexibility index (Phi) is 4.41. The number of thiophene rings is 1. The van der Waals surface area contributed by atoms with Crippen LogP contribution in [0.2, 0.25) is 0 Å². The maximum absolute atomic E-state index is 12.0. The molecule has 2 amide bonds. The van der Waals surface area contributed by atoms with E-state index in [0.717, 1.165) is 25.9 Å². The van der Waals surface area contributed by atoms with Gasteiger partial charge in [0.2, 0.25) is 11.8 Å². The molecule has 1 aromatic rings. The average molecular weight is 318 g/mol. The van der Waals surface area contributed by atoms with Crippen LogP contribution < -0.4 is 5.32 Å².